The van der Waals surface area contributed by atoms with Crippen LogP contribution in [0.1, 0.15) is 43.1 Å². The van der Waals surface area contributed by atoms with Crippen LogP contribution >= 0.6 is 0 Å². The number of amides is 2. The molecule has 0 aliphatic carbocycles. The van der Waals surface area contributed by atoms with Crippen LogP contribution in [0.4, 0.5) is 10.5 Å². The normalized spacial score (nSPS) is 11.9. The second-order valence-corrected chi connectivity index (χ2v) is 6.66. The molecule has 0 aliphatic rings. The highest BCUT2D eigenvalue weighted by Gasteiger charge is 2.25. The van der Waals surface area contributed by atoms with E-state index in [1.165, 1.54) is 6.92 Å². The Labute approximate surface area is 162 Å². The van der Waals surface area contributed by atoms with Gasteiger partial charge < -0.3 is 15.2 Å². The van der Waals surface area contributed by atoms with Gasteiger partial charge in [-0.1, -0.05) is 31.1 Å². The van der Waals surface area contributed by atoms with E-state index < -0.39 is 12.1 Å². The lowest BCUT2D eigenvalue weighted by molar-refractivity contribution is 0.101. The van der Waals surface area contributed by atoms with Gasteiger partial charge in [0.15, 0.2) is 5.78 Å². The summed E-state index contributed by atoms with van der Waals surface area (Å²) in [4.78, 5) is 32.4. The number of carbonyl (C=O) groups is 2. The lowest BCUT2D eigenvalue weighted by atomic mass is 10.0. The number of carbonyl (C=O) groups excluding carboxylic acids is 2. The minimum atomic E-state index is -0.478. The number of Topliss-reactive ketones (excluding diaryl/α,β-unsaturated/α-hetero) is 1. The first-order valence-corrected chi connectivity index (χ1v) is 8.86. The summed E-state index contributed by atoms with van der Waals surface area (Å²) in [5, 5.41) is 9.55. The average Bonchev–Trinajstić information content (AvgIpc) is 3.16. The summed E-state index contributed by atoms with van der Waals surface area (Å²) >= 11 is 0. The van der Waals surface area contributed by atoms with Crippen molar-refractivity contribution in [1.29, 1.82) is 0 Å². The molecular weight excluding hydrogens is 358 g/mol. The maximum Gasteiger partial charge on any atom is 0.319 e. The van der Waals surface area contributed by atoms with Gasteiger partial charge in [0.05, 0.1) is 0 Å². The third kappa shape index (κ3) is 4.59. The quantitative estimate of drug-likeness (QED) is 0.630. The second kappa shape index (κ2) is 8.43. The maximum atomic E-state index is 12.5. The second-order valence-electron chi connectivity index (χ2n) is 6.66. The zero-order valence-electron chi connectivity index (χ0n) is 15.8. The van der Waals surface area contributed by atoms with E-state index in [0.717, 1.165) is 5.56 Å². The number of nitrogens with zero attached hydrogens (tertiary/aromatic N) is 3. The molecule has 144 valence electrons. The van der Waals surface area contributed by atoms with Crippen molar-refractivity contribution in [1.82, 2.24) is 20.4 Å². The third-order valence-corrected chi connectivity index (χ3v) is 4.11. The van der Waals surface area contributed by atoms with E-state index in [-0.39, 0.29) is 11.7 Å². The predicted octanol–water partition coefficient (Wildman–Crippen LogP) is 3.85. The third-order valence-electron chi connectivity index (χ3n) is 4.11. The highest BCUT2D eigenvalue weighted by molar-refractivity contribution is 5.96. The van der Waals surface area contributed by atoms with Gasteiger partial charge in [-0.15, -0.1) is 0 Å². The van der Waals surface area contributed by atoms with E-state index in [4.69, 9.17) is 4.52 Å². The standard InChI is InChI=1S/C20H21N5O3/c1-12(2)17(19-24-18(25-28-19)15-7-5-9-21-11-15)23-20(27)22-16-8-4-6-14(10-16)13(3)26/h4-12,17H,1-3H3,(H2,22,23,27). The molecule has 2 N–H and O–H groups in total. The van der Waals surface area contributed by atoms with Gasteiger partial charge in [0, 0.05) is 29.2 Å². The Hall–Kier alpha value is -3.55. The van der Waals surface area contributed by atoms with E-state index in [1.54, 1.807) is 42.7 Å². The lowest BCUT2D eigenvalue weighted by Gasteiger charge is -2.19. The van der Waals surface area contributed by atoms with Crippen LogP contribution in [0.25, 0.3) is 11.4 Å². The summed E-state index contributed by atoms with van der Waals surface area (Å²) in [6.45, 7) is 5.36. The van der Waals surface area contributed by atoms with Crippen LogP contribution in [0.5, 0.6) is 0 Å². The summed E-state index contributed by atoms with van der Waals surface area (Å²) in [7, 11) is 0. The Morgan fingerprint density at radius 3 is 2.64 bits per heavy atom. The first-order valence-electron chi connectivity index (χ1n) is 8.86. The molecule has 0 aliphatic heterocycles. The molecule has 0 fully saturated rings. The smallest absolute Gasteiger partial charge is 0.319 e. The molecule has 1 atom stereocenters. The minimum absolute atomic E-state index is 0.0107. The van der Waals surface area contributed by atoms with Crippen LogP contribution in [-0.2, 0) is 0 Å². The van der Waals surface area contributed by atoms with Gasteiger partial charge in [0.25, 0.3) is 0 Å². The van der Waals surface area contributed by atoms with Crippen LogP contribution in [0, 0.1) is 5.92 Å². The van der Waals surface area contributed by atoms with Crippen LogP contribution in [0.3, 0.4) is 0 Å². The van der Waals surface area contributed by atoms with Crippen molar-refractivity contribution in [3.63, 3.8) is 0 Å². The summed E-state index contributed by atoms with van der Waals surface area (Å²) in [5.74, 6) is 0.654. The summed E-state index contributed by atoms with van der Waals surface area (Å²) in [5.41, 5.74) is 1.77. The highest BCUT2D eigenvalue weighted by atomic mass is 16.5. The molecule has 28 heavy (non-hydrogen) atoms. The van der Waals surface area contributed by atoms with Gasteiger partial charge in [-0.2, -0.15) is 4.98 Å². The summed E-state index contributed by atoms with van der Waals surface area (Å²) < 4.78 is 5.37. The van der Waals surface area contributed by atoms with E-state index in [9.17, 15) is 9.59 Å². The van der Waals surface area contributed by atoms with Gasteiger partial charge >= 0.3 is 6.03 Å². The number of nitrogens with one attached hydrogen (secondary N) is 2. The Bertz CT molecular complexity index is 969. The molecule has 0 spiro atoms. The molecule has 0 bridgehead atoms. The molecule has 8 heteroatoms. The van der Waals surface area contributed by atoms with Crippen molar-refractivity contribution >= 4 is 17.5 Å². The number of ketones is 1. The van der Waals surface area contributed by atoms with Crippen LogP contribution in [0.15, 0.2) is 53.3 Å². The van der Waals surface area contributed by atoms with E-state index >= 15 is 0 Å². The average molecular weight is 379 g/mol. The van der Waals surface area contributed by atoms with Gasteiger partial charge in [-0.05, 0) is 37.1 Å². The monoisotopic (exact) mass is 379 g/mol. The zero-order chi connectivity index (χ0) is 20.1. The molecule has 3 aromatic rings. The molecule has 3 rings (SSSR count). The Balaban J connectivity index is 1.73. The van der Waals surface area contributed by atoms with Gasteiger partial charge in [-0.25, -0.2) is 4.79 Å². The Morgan fingerprint density at radius 2 is 1.96 bits per heavy atom. The Morgan fingerprint density at radius 1 is 1.14 bits per heavy atom. The topological polar surface area (TPSA) is 110 Å². The fraction of sp³-hybridized carbons (Fsp3) is 0.250. The van der Waals surface area contributed by atoms with Gasteiger partial charge in [0.2, 0.25) is 11.7 Å². The number of anilines is 1. The van der Waals surface area contributed by atoms with Crippen molar-refractivity contribution < 1.29 is 14.1 Å². The van der Waals surface area contributed by atoms with Crippen LogP contribution < -0.4 is 10.6 Å². The van der Waals surface area contributed by atoms with Crippen molar-refractivity contribution in [3.05, 3.63) is 60.2 Å². The molecule has 2 heterocycles. The first kappa shape index (κ1) is 19.2. The first-order chi connectivity index (χ1) is 13.4. The summed E-state index contributed by atoms with van der Waals surface area (Å²) in [6, 6.07) is 9.45. The fourth-order valence-corrected chi connectivity index (χ4v) is 2.61. The molecule has 2 aromatic heterocycles. The van der Waals surface area contributed by atoms with Crippen LogP contribution in [0.2, 0.25) is 0 Å². The number of rotatable bonds is 6. The van der Waals surface area contributed by atoms with Crippen LogP contribution in [-0.4, -0.2) is 26.9 Å². The minimum Gasteiger partial charge on any atom is -0.337 e. The zero-order valence-corrected chi connectivity index (χ0v) is 15.8. The van der Waals surface area contributed by atoms with Crippen molar-refractivity contribution in [2.75, 3.05) is 5.32 Å². The maximum absolute atomic E-state index is 12.5. The summed E-state index contributed by atoms with van der Waals surface area (Å²) in [6.07, 6.45) is 3.30. The molecule has 0 saturated heterocycles. The molecule has 0 saturated carbocycles. The van der Waals surface area contributed by atoms with Crippen molar-refractivity contribution in [2.45, 2.75) is 26.8 Å². The lowest BCUT2D eigenvalue weighted by Crippen LogP contribution is -2.35. The van der Waals surface area contributed by atoms with Crippen molar-refractivity contribution in [2.24, 2.45) is 5.92 Å². The number of pyridine rings is 1. The predicted molar refractivity (Wildman–Crippen MR) is 104 cm³/mol. The van der Waals surface area contributed by atoms with E-state index in [2.05, 4.69) is 25.8 Å². The SMILES string of the molecule is CC(=O)c1cccc(NC(=O)NC(c2nc(-c3cccnc3)no2)C(C)C)c1. The molecule has 1 unspecified atom stereocenters. The molecule has 2 amide bonds. The Kier molecular flexibility index (Phi) is 5.78. The highest BCUT2D eigenvalue weighted by Crippen LogP contribution is 2.23. The molecule has 1 aromatic carbocycles. The number of hydrogen-bond acceptors (Lipinski definition) is 6. The molecular formula is C20H21N5O3. The van der Waals surface area contributed by atoms with Crippen molar-refractivity contribution in [3.8, 4) is 11.4 Å². The van der Waals surface area contributed by atoms with Gasteiger partial charge in [-0.3, -0.25) is 9.78 Å². The number of hydrogen-bond donors (Lipinski definition) is 2. The number of urea groups is 1. The molecule has 0 radical (unpaired) electrons. The van der Waals surface area contributed by atoms with E-state index in [0.29, 0.717) is 23.0 Å². The number of aromatic nitrogens is 3. The van der Waals surface area contributed by atoms with Gasteiger partial charge in [0.1, 0.15) is 6.04 Å². The number of benzene rings is 1. The van der Waals surface area contributed by atoms with E-state index in [1.807, 2.05) is 19.9 Å². The largest absolute Gasteiger partial charge is 0.337 e. The fourth-order valence-electron chi connectivity index (χ4n) is 2.61. The molecule has 8 nitrogen and oxygen atoms in total.